The second-order valence-corrected chi connectivity index (χ2v) is 5.18. The monoisotopic (exact) mass is 212 g/mol. The Labute approximate surface area is 93.0 Å². The highest BCUT2D eigenvalue weighted by molar-refractivity contribution is 4.75. The summed E-state index contributed by atoms with van der Waals surface area (Å²) >= 11 is 0. The van der Waals surface area contributed by atoms with Crippen molar-refractivity contribution < 1.29 is 9.84 Å². The Morgan fingerprint density at radius 2 is 1.80 bits per heavy atom. The molecular formula is C13H24O2. The Morgan fingerprint density at radius 1 is 0.933 bits per heavy atom. The fraction of sp³-hybridized carbons (Fsp3) is 1.00. The van der Waals surface area contributed by atoms with Gasteiger partial charge in [-0.25, -0.2) is 0 Å². The molecule has 0 bridgehead atoms. The van der Waals surface area contributed by atoms with Gasteiger partial charge in [-0.15, -0.1) is 0 Å². The average Bonchev–Trinajstić information content (AvgIpc) is 2.67. The molecule has 0 radical (unpaired) electrons. The molecule has 1 aliphatic carbocycles. The molecule has 3 unspecified atom stereocenters. The van der Waals surface area contributed by atoms with E-state index in [1.165, 1.54) is 51.4 Å². The van der Waals surface area contributed by atoms with E-state index >= 15 is 0 Å². The lowest BCUT2D eigenvalue weighted by Crippen LogP contribution is -2.20. The normalized spacial score (nSPS) is 37.8. The number of aliphatic hydroxyl groups is 1. The van der Waals surface area contributed by atoms with Crippen LogP contribution in [0.25, 0.3) is 0 Å². The van der Waals surface area contributed by atoms with Crippen LogP contribution >= 0.6 is 0 Å². The molecule has 1 saturated carbocycles. The first-order valence-electron chi connectivity index (χ1n) is 6.66. The van der Waals surface area contributed by atoms with Gasteiger partial charge in [-0.3, -0.25) is 0 Å². The van der Waals surface area contributed by atoms with Gasteiger partial charge in [0.1, 0.15) is 0 Å². The van der Waals surface area contributed by atoms with E-state index in [0.717, 1.165) is 13.0 Å². The Morgan fingerprint density at radius 3 is 2.60 bits per heavy atom. The molecule has 0 aromatic carbocycles. The van der Waals surface area contributed by atoms with Gasteiger partial charge in [0.25, 0.3) is 0 Å². The Bertz CT molecular complexity index is 175. The molecule has 2 nitrogen and oxygen atoms in total. The van der Waals surface area contributed by atoms with E-state index in [-0.39, 0.29) is 6.10 Å². The Kier molecular flexibility index (Phi) is 4.45. The largest absolute Gasteiger partial charge is 0.393 e. The number of hydrogen-bond donors (Lipinski definition) is 1. The van der Waals surface area contributed by atoms with Crippen LogP contribution in [-0.4, -0.2) is 23.9 Å². The maximum Gasteiger partial charge on any atom is 0.0576 e. The highest BCUT2D eigenvalue weighted by Gasteiger charge is 2.23. The molecule has 2 fully saturated rings. The van der Waals surface area contributed by atoms with Crippen LogP contribution in [0.5, 0.6) is 0 Å². The van der Waals surface area contributed by atoms with Gasteiger partial charge in [-0.1, -0.05) is 19.3 Å². The van der Waals surface area contributed by atoms with Gasteiger partial charge in [-0.05, 0) is 44.4 Å². The van der Waals surface area contributed by atoms with Crippen LogP contribution < -0.4 is 0 Å². The molecule has 0 aromatic heterocycles. The number of aliphatic hydroxyl groups excluding tert-OH is 1. The zero-order valence-electron chi connectivity index (χ0n) is 9.66. The van der Waals surface area contributed by atoms with E-state index in [0.29, 0.717) is 12.0 Å². The molecule has 0 aromatic rings. The molecule has 3 atom stereocenters. The van der Waals surface area contributed by atoms with E-state index in [2.05, 4.69) is 0 Å². The minimum absolute atomic E-state index is 0.0334. The van der Waals surface area contributed by atoms with Crippen molar-refractivity contribution in [3.63, 3.8) is 0 Å². The third kappa shape index (κ3) is 3.46. The Balaban J connectivity index is 1.71. The highest BCUT2D eigenvalue weighted by Crippen LogP contribution is 2.29. The van der Waals surface area contributed by atoms with Crippen LogP contribution in [0.2, 0.25) is 0 Å². The molecular weight excluding hydrogens is 188 g/mol. The van der Waals surface area contributed by atoms with Crippen molar-refractivity contribution in [1.82, 2.24) is 0 Å². The lowest BCUT2D eigenvalue weighted by atomic mass is 9.91. The van der Waals surface area contributed by atoms with Crippen molar-refractivity contribution in [3.05, 3.63) is 0 Å². The molecule has 1 aliphatic heterocycles. The number of ether oxygens (including phenoxy) is 1. The van der Waals surface area contributed by atoms with Gasteiger partial charge >= 0.3 is 0 Å². The predicted octanol–water partition coefficient (Wildman–Crippen LogP) is 2.89. The molecule has 1 saturated heterocycles. The summed E-state index contributed by atoms with van der Waals surface area (Å²) in [6, 6.07) is 0. The molecule has 2 rings (SSSR count). The second kappa shape index (κ2) is 5.86. The molecule has 1 N–H and O–H groups in total. The summed E-state index contributed by atoms with van der Waals surface area (Å²) in [4.78, 5) is 0. The smallest absolute Gasteiger partial charge is 0.0576 e. The summed E-state index contributed by atoms with van der Waals surface area (Å²) in [6.07, 6.45) is 11.4. The van der Waals surface area contributed by atoms with Crippen molar-refractivity contribution in [1.29, 1.82) is 0 Å². The number of rotatable bonds is 3. The zero-order valence-corrected chi connectivity index (χ0v) is 9.66. The van der Waals surface area contributed by atoms with Crippen molar-refractivity contribution in [3.8, 4) is 0 Å². The van der Waals surface area contributed by atoms with Gasteiger partial charge in [0.15, 0.2) is 0 Å². The lowest BCUT2D eigenvalue weighted by molar-refractivity contribution is 0.0668. The van der Waals surface area contributed by atoms with E-state index < -0.39 is 0 Å². The summed E-state index contributed by atoms with van der Waals surface area (Å²) in [5, 5.41) is 9.98. The fourth-order valence-electron chi connectivity index (χ4n) is 2.97. The van der Waals surface area contributed by atoms with Crippen molar-refractivity contribution in [2.24, 2.45) is 5.92 Å². The van der Waals surface area contributed by atoms with E-state index in [9.17, 15) is 5.11 Å². The van der Waals surface area contributed by atoms with Crippen molar-refractivity contribution in [2.45, 2.75) is 70.0 Å². The standard InChI is InChI=1S/C13H24O2/c14-13-7-3-1-2-5-11(13)8-9-12-6-4-10-15-12/h11-14H,1-10H2. The second-order valence-electron chi connectivity index (χ2n) is 5.18. The first kappa shape index (κ1) is 11.4. The summed E-state index contributed by atoms with van der Waals surface area (Å²) in [5.41, 5.74) is 0. The van der Waals surface area contributed by atoms with Crippen LogP contribution in [0.3, 0.4) is 0 Å². The van der Waals surface area contributed by atoms with E-state index in [4.69, 9.17) is 4.74 Å². The van der Waals surface area contributed by atoms with Gasteiger partial charge in [0, 0.05) is 6.61 Å². The van der Waals surface area contributed by atoms with Gasteiger partial charge in [-0.2, -0.15) is 0 Å². The summed E-state index contributed by atoms with van der Waals surface area (Å²) in [7, 11) is 0. The molecule has 0 amide bonds. The summed E-state index contributed by atoms with van der Waals surface area (Å²) in [6.45, 7) is 0.956. The average molecular weight is 212 g/mol. The van der Waals surface area contributed by atoms with E-state index in [1.54, 1.807) is 0 Å². The van der Waals surface area contributed by atoms with Crippen molar-refractivity contribution in [2.75, 3.05) is 6.61 Å². The van der Waals surface area contributed by atoms with E-state index in [1.807, 2.05) is 0 Å². The predicted molar refractivity (Wildman–Crippen MR) is 60.8 cm³/mol. The quantitative estimate of drug-likeness (QED) is 0.729. The summed E-state index contributed by atoms with van der Waals surface area (Å²) in [5.74, 6) is 0.552. The minimum Gasteiger partial charge on any atom is -0.393 e. The van der Waals surface area contributed by atoms with Gasteiger partial charge < -0.3 is 9.84 Å². The SMILES string of the molecule is OC1CCCCCC1CCC1CCCO1. The molecule has 88 valence electrons. The highest BCUT2D eigenvalue weighted by atomic mass is 16.5. The molecule has 2 aliphatic rings. The molecule has 0 spiro atoms. The van der Waals surface area contributed by atoms with Crippen LogP contribution in [0.15, 0.2) is 0 Å². The van der Waals surface area contributed by atoms with Crippen molar-refractivity contribution >= 4 is 0 Å². The molecule has 1 heterocycles. The van der Waals surface area contributed by atoms with Gasteiger partial charge in [0.2, 0.25) is 0 Å². The third-order valence-corrected chi connectivity index (χ3v) is 4.00. The lowest BCUT2D eigenvalue weighted by Gasteiger charge is -2.21. The maximum atomic E-state index is 9.98. The van der Waals surface area contributed by atoms with Crippen LogP contribution in [0.1, 0.15) is 57.8 Å². The molecule has 15 heavy (non-hydrogen) atoms. The Hall–Kier alpha value is -0.0800. The first-order valence-corrected chi connectivity index (χ1v) is 6.66. The molecule has 2 heteroatoms. The summed E-state index contributed by atoms with van der Waals surface area (Å²) < 4.78 is 5.63. The maximum absolute atomic E-state index is 9.98. The minimum atomic E-state index is -0.0334. The number of hydrogen-bond acceptors (Lipinski definition) is 2. The van der Waals surface area contributed by atoms with Crippen LogP contribution in [0.4, 0.5) is 0 Å². The topological polar surface area (TPSA) is 29.5 Å². The van der Waals surface area contributed by atoms with Gasteiger partial charge in [0.05, 0.1) is 12.2 Å². The fourth-order valence-corrected chi connectivity index (χ4v) is 2.97. The van der Waals surface area contributed by atoms with Crippen LogP contribution in [0, 0.1) is 5.92 Å². The zero-order chi connectivity index (χ0) is 10.5. The van der Waals surface area contributed by atoms with Crippen LogP contribution in [-0.2, 0) is 4.74 Å². The third-order valence-electron chi connectivity index (χ3n) is 4.00. The first-order chi connectivity index (χ1) is 7.36.